The zero-order valence-electron chi connectivity index (χ0n) is 6.64. The zero-order valence-corrected chi connectivity index (χ0v) is 6.64. The van der Waals surface area contributed by atoms with E-state index in [9.17, 15) is 9.90 Å². The van der Waals surface area contributed by atoms with Crippen molar-refractivity contribution >= 4 is 5.97 Å². The van der Waals surface area contributed by atoms with Gasteiger partial charge in [-0.2, -0.15) is 0 Å². The topological polar surface area (TPSA) is 40.1 Å². The molecule has 0 saturated carbocycles. The minimum atomic E-state index is -1.14. The molecule has 0 unspecified atom stereocenters. The van der Waals surface area contributed by atoms with Crippen LogP contribution in [0.2, 0.25) is 0 Å². The van der Waals surface area contributed by atoms with Crippen LogP contribution < -0.4 is 5.11 Å². The van der Waals surface area contributed by atoms with E-state index in [4.69, 9.17) is 0 Å². The summed E-state index contributed by atoms with van der Waals surface area (Å²) in [5.74, 6) is -1.14. The van der Waals surface area contributed by atoms with Crippen molar-refractivity contribution in [2.45, 2.75) is 25.7 Å². The molecule has 0 amide bonds. The van der Waals surface area contributed by atoms with Gasteiger partial charge in [0, 0.05) is 0 Å². The van der Waals surface area contributed by atoms with Crippen molar-refractivity contribution in [1.29, 1.82) is 0 Å². The Morgan fingerprint density at radius 1 is 1.45 bits per heavy atom. The van der Waals surface area contributed by atoms with E-state index in [1.54, 1.807) is 0 Å². The van der Waals surface area contributed by atoms with E-state index in [2.05, 4.69) is 13.2 Å². The average Bonchev–Trinajstić information content (AvgIpc) is 1.97. The number of unbranched alkanes of at least 4 members (excludes halogenated alkanes) is 2. The predicted octanol–water partition coefficient (Wildman–Crippen LogP) is 1.04. The second-order valence-corrected chi connectivity index (χ2v) is 2.43. The lowest BCUT2D eigenvalue weighted by Crippen LogP contribution is -2.23. The molecule has 0 saturated heterocycles. The highest BCUT2D eigenvalue weighted by Gasteiger charge is 1.93. The van der Waals surface area contributed by atoms with Crippen molar-refractivity contribution < 1.29 is 9.90 Å². The Balaban J connectivity index is 3.31. The third-order valence-electron chi connectivity index (χ3n) is 1.43. The summed E-state index contributed by atoms with van der Waals surface area (Å²) in [7, 11) is 0. The summed E-state index contributed by atoms with van der Waals surface area (Å²) in [6.45, 7) is 6.93. The second-order valence-electron chi connectivity index (χ2n) is 2.43. The minimum Gasteiger partial charge on any atom is -0.545 e. The molecule has 0 fully saturated rings. The van der Waals surface area contributed by atoms with Crippen LogP contribution in [0.25, 0.3) is 0 Å². The molecule has 0 bridgehead atoms. The van der Waals surface area contributed by atoms with Crippen molar-refractivity contribution in [2.24, 2.45) is 0 Å². The molecular weight excluding hydrogens is 140 g/mol. The predicted molar refractivity (Wildman–Crippen MR) is 42.8 cm³/mol. The molecule has 0 rings (SSSR count). The number of allylic oxidation sites excluding steroid dienone is 1. The Kier molecular flexibility index (Phi) is 5.17. The molecule has 0 aliphatic carbocycles. The maximum absolute atomic E-state index is 10.1. The monoisotopic (exact) mass is 153 g/mol. The molecule has 0 N–H and O–H groups in total. The Bertz CT molecular complexity index is 159. The van der Waals surface area contributed by atoms with Crippen LogP contribution in [-0.2, 0) is 4.79 Å². The van der Waals surface area contributed by atoms with Gasteiger partial charge in [-0.1, -0.05) is 12.7 Å². The van der Waals surface area contributed by atoms with E-state index in [1.807, 2.05) is 6.08 Å². The van der Waals surface area contributed by atoms with Gasteiger partial charge in [0.15, 0.2) is 0 Å². The van der Waals surface area contributed by atoms with Crippen LogP contribution in [0.1, 0.15) is 25.7 Å². The van der Waals surface area contributed by atoms with Gasteiger partial charge in [0.2, 0.25) is 0 Å². The fraction of sp³-hybridized carbons (Fsp3) is 0.444. The quantitative estimate of drug-likeness (QED) is 0.325. The van der Waals surface area contributed by atoms with Crippen LogP contribution in [0.3, 0.4) is 0 Å². The van der Waals surface area contributed by atoms with Crippen molar-refractivity contribution in [3.63, 3.8) is 0 Å². The maximum Gasteiger partial charge on any atom is 0.0668 e. The van der Waals surface area contributed by atoms with E-state index in [1.165, 1.54) is 0 Å². The van der Waals surface area contributed by atoms with Gasteiger partial charge in [0.1, 0.15) is 0 Å². The fourth-order valence-electron chi connectivity index (χ4n) is 0.729. The van der Waals surface area contributed by atoms with Crippen LogP contribution in [0.5, 0.6) is 0 Å². The first-order valence-electron chi connectivity index (χ1n) is 3.68. The molecule has 2 nitrogen and oxygen atoms in total. The van der Waals surface area contributed by atoms with Crippen LogP contribution >= 0.6 is 0 Å². The second kappa shape index (κ2) is 5.71. The lowest BCUT2D eigenvalue weighted by Gasteiger charge is -2.04. The first-order valence-corrected chi connectivity index (χ1v) is 3.68. The molecule has 0 spiro atoms. The van der Waals surface area contributed by atoms with Crippen molar-refractivity contribution in [2.75, 3.05) is 0 Å². The normalized spacial score (nSPS) is 9.09. The molecule has 0 radical (unpaired) electrons. The fourth-order valence-corrected chi connectivity index (χ4v) is 0.729. The zero-order chi connectivity index (χ0) is 8.69. The largest absolute Gasteiger partial charge is 0.545 e. The van der Waals surface area contributed by atoms with Gasteiger partial charge in [0.25, 0.3) is 0 Å². The van der Waals surface area contributed by atoms with E-state index < -0.39 is 5.97 Å². The highest BCUT2D eigenvalue weighted by atomic mass is 16.4. The first-order chi connectivity index (χ1) is 5.18. The first kappa shape index (κ1) is 9.95. The van der Waals surface area contributed by atoms with Gasteiger partial charge in [-0.15, -0.1) is 6.58 Å². The third kappa shape index (κ3) is 5.40. The number of carboxylic acids is 1. The van der Waals surface area contributed by atoms with Crippen LogP contribution in [0.15, 0.2) is 24.8 Å². The summed E-state index contributed by atoms with van der Waals surface area (Å²) >= 11 is 0. The van der Waals surface area contributed by atoms with Gasteiger partial charge in [-0.05, 0) is 31.3 Å². The van der Waals surface area contributed by atoms with Crippen LogP contribution in [-0.4, -0.2) is 5.97 Å². The maximum atomic E-state index is 10.1. The summed E-state index contributed by atoms with van der Waals surface area (Å²) in [5, 5.41) is 10.1. The number of hydrogen-bond donors (Lipinski definition) is 0. The number of carboxylic acid groups (broad SMARTS) is 1. The number of rotatable bonds is 6. The van der Waals surface area contributed by atoms with Gasteiger partial charge in [-0.3, -0.25) is 0 Å². The van der Waals surface area contributed by atoms with Crippen molar-refractivity contribution in [1.82, 2.24) is 0 Å². The van der Waals surface area contributed by atoms with Gasteiger partial charge < -0.3 is 9.90 Å². The number of hydrogen-bond acceptors (Lipinski definition) is 2. The molecule has 0 aliphatic rings. The molecule has 0 aliphatic heterocycles. The van der Waals surface area contributed by atoms with E-state index >= 15 is 0 Å². The summed E-state index contributed by atoms with van der Waals surface area (Å²) in [6.07, 6.45) is 5.09. The van der Waals surface area contributed by atoms with Gasteiger partial charge >= 0.3 is 0 Å². The summed E-state index contributed by atoms with van der Waals surface area (Å²) in [6, 6.07) is 0. The molecule has 62 valence electrons. The molecule has 0 aromatic heterocycles. The number of carbonyl (C=O) groups excluding carboxylic acids is 1. The summed E-state index contributed by atoms with van der Waals surface area (Å²) < 4.78 is 0. The summed E-state index contributed by atoms with van der Waals surface area (Å²) in [5.41, 5.74) is 0.189. The molecule has 0 aromatic rings. The number of carbonyl (C=O) groups is 1. The van der Waals surface area contributed by atoms with Gasteiger partial charge in [0.05, 0.1) is 5.97 Å². The van der Waals surface area contributed by atoms with Crippen molar-refractivity contribution in [3.8, 4) is 0 Å². The third-order valence-corrected chi connectivity index (χ3v) is 1.43. The summed E-state index contributed by atoms with van der Waals surface area (Å²) in [4.78, 5) is 10.1. The average molecular weight is 153 g/mol. The standard InChI is InChI=1S/C9H14O2/c1-3-4-5-6-7-8(2)9(10)11/h3H,1-2,4-7H2,(H,10,11)/p-1. The van der Waals surface area contributed by atoms with Crippen LogP contribution in [0, 0.1) is 0 Å². The lowest BCUT2D eigenvalue weighted by atomic mass is 10.1. The highest BCUT2D eigenvalue weighted by Crippen LogP contribution is 2.06. The molecule has 0 atom stereocenters. The van der Waals surface area contributed by atoms with E-state index in [0.717, 1.165) is 19.3 Å². The van der Waals surface area contributed by atoms with E-state index in [0.29, 0.717) is 6.42 Å². The Morgan fingerprint density at radius 3 is 2.55 bits per heavy atom. The van der Waals surface area contributed by atoms with Crippen LogP contribution in [0.4, 0.5) is 0 Å². The Hall–Kier alpha value is -1.05. The smallest absolute Gasteiger partial charge is 0.0668 e. The molecule has 2 heteroatoms. The Morgan fingerprint density at radius 2 is 2.09 bits per heavy atom. The molecular formula is C9H13O2-. The molecule has 0 heterocycles. The molecule has 11 heavy (non-hydrogen) atoms. The molecule has 0 aromatic carbocycles. The Labute approximate surface area is 67.2 Å². The number of aliphatic carboxylic acids is 1. The van der Waals surface area contributed by atoms with Gasteiger partial charge in [-0.25, -0.2) is 0 Å². The minimum absolute atomic E-state index is 0.189. The van der Waals surface area contributed by atoms with E-state index in [-0.39, 0.29) is 5.57 Å². The lowest BCUT2D eigenvalue weighted by molar-refractivity contribution is -0.299. The SMILES string of the molecule is C=CCCCCC(=C)C(=O)[O-]. The highest BCUT2D eigenvalue weighted by molar-refractivity contribution is 5.83. The van der Waals surface area contributed by atoms with Crippen molar-refractivity contribution in [3.05, 3.63) is 24.8 Å².